The third-order valence-electron chi connectivity index (χ3n) is 2.81. The maximum Gasteiger partial charge on any atom is 0.224 e. The SMILES string of the molecule is CCc1ccc(CCC(=O)Nc2ccccc2F)o1. The molecule has 2 rings (SSSR count). The molecular weight excluding hydrogens is 245 g/mol. The van der Waals surface area contributed by atoms with Gasteiger partial charge in [0.05, 0.1) is 5.69 Å². The second-order valence-electron chi connectivity index (χ2n) is 4.25. The third-order valence-corrected chi connectivity index (χ3v) is 2.81. The molecule has 0 aliphatic heterocycles. The lowest BCUT2D eigenvalue weighted by atomic mass is 10.2. The number of carbonyl (C=O) groups is 1. The molecule has 19 heavy (non-hydrogen) atoms. The van der Waals surface area contributed by atoms with Gasteiger partial charge in [-0.2, -0.15) is 0 Å². The number of amides is 1. The van der Waals surface area contributed by atoms with Crippen molar-refractivity contribution in [1.82, 2.24) is 0 Å². The van der Waals surface area contributed by atoms with E-state index in [0.717, 1.165) is 17.9 Å². The quantitative estimate of drug-likeness (QED) is 0.894. The maximum absolute atomic E-state index is 13.3. The van der Waals surface area contributed by atoms with Gasteiger partial charge in [0.15, 0.2) is 0 Å². The summed E-state index contributed by atoms with van der Waals surface area (Å²) in [4.78, 5) is 11.7. The lowest BCUT2D eigenvalue weighted by Crippen LogP contribution is -2.13. The van der Waals surface area contributed by atoms with Gasteiger partial charge in [0, 0.05) is 19.3 Å². The van der Waals surface area contributed by atoms with Crippen LogP contribution in [0.3, 0.4) is 0 Å². The molecule has 0 atom stereocenters. The van der Waals surface area contributed by atoms with Gasteiger partial charge in [-0.15, -0.1) is 0 Å². The summed E-state index contributed by atoms with van der Waals surface area (Å²) < 4.78 is 18.8. The Labute approximate surface area is 111 Å². The number of hydrogen-bond donors (Lipinski definition) is 1. The molecule has 1 amide bonds. The fraction of sp³-hybridized carbons (Fsp3) is 0.267. The minimum Gasteiger partial charge on any atom is -0.466 e. The van der Waals surface area contributed by atoms with E-state index < -0.39 is 5.82 Å². The van der Waals surface area contributed by atoms with Gasteiger partial charge in [0.2, 0.25) is 5.91 Å². The van der Waals surface area contributed by atoms with Crippen LogP contribution in [0.2, 0.25) is 0 Å². The van der Waals surface area contributed by atoms with Crippen LogP contribution in [0.25, 0.3) is 0 Å². The molecule has 0 saturated heterocycles. The molecule has 0 unspecified atom stereocenters. The van der Waals surface area contributed by atoms with E-state index in [1.54, 1.807) is 12.1 Å². The average Bonchev–Trinajstić information content (AvgIpc) is 2.87. The Morgan fingerprint density at radius 2 is 1.95 bits per heavy atom. The standard InChI is InChI=1S/C15H16FNO2/c1-2-11-7-8-12(19-11)9-10-15(18)17-14-6-4-3-5-13(14)16/h3-8H,2,9-10H2,1H3,(H,17,18). The summed E-state index contributed by atoms with van der Waals surface area (Å²) in [7, 11) is 0. The van der Waals surface area contributed by atoms with E-state index in [0.29, 0.717) is 6.42 Å². The summed E-state index contributed by atoms with van der Waals surface area (Å²) in [6.45, 7) is 2.01. The zero-order valence-electron chi connectivity index (χ0n) is 10.8. The van der Waals surface area contributed by atoms with Crippen LogP contribution in [-0.4, -0.2) is 5.91 Å². The second kappa shape index (κ2) is 6.18. The zero-order valence-corrected chi connectivity index (χ0v) is 10.8. The van der Waals surface area contributed by atoms with Gasteiger partial charge < -0.3 is 9.73 Å². The summed E-state index contributed by atoms with van der Waals surface area (Å²) in [5, 5.41) is 2.55. The molecule has 100 valence electrons. The van der Waals surface area contributed by atoms with Gasteiger partial charge in [-0.05, 0) is 24.3 Å². The topological polar surface area (TPSA) is 42.2 Å². The smallest absolute Gasteiger partial charge is 0.224 e. The van der Waals surface area contributed by atoms with Crippen LogP contribution in [-0.2, 0) is 17.6 Å². The van der Waals surface area contributed by atoms with Crippen molar-refractivity contribution in [2.24, 2.45) is 0 Å². The predicted octanol–water partition coefficient (Wildman–Crippen LogP) is 3.55. The van der Waals surface area contributed by atoms with Crippen molar-refractivity contribution in [2.45, 2.75) is 26.2 Å². The highest BCUT2D eigenvalue weighted by atomic mass is 19.1. The van der Waals surface area contributed by atoms with E-state index in [1.807, 2.05) is 19.1 Å². The van der Waals surface area contributed by atoms with Gasteiger partial charge in [-0.25, -0.2) is 4.39 Å². The van der Waals surface area contributed by atoms with E-state index in [1.165, 1.54) is 12.1 Å². The highest BCUT2D eigenvalue weighted by molar-refractivity contribution is 5.90. The molecule has 0 aliphatic carbocycles. The molecular formula is C15H16FNO2. The first-order valence-electron chi connectivity index (χ1n) is 6.31. The Bertz CT molecular complexity index is 563. The minimum atomic E-state index is -0.429. The van der Waals surface area contributed by atoms with Crippen LogP contribution in [0.4, 0.5) is 10.1 Å². The Morgan fingerprint density at radius 1 is 1.21 bits per heavy atom. The number of halogens is 1. The molecule has 1 N–H and O–H groups in total. The Morgan fingerprint density at radius 3 is 2.63 bits per heavy atom. The number of rotatable bonds is 5. The molecule has 1 heterocycles. The summed E-state index contributed by atoms with van der Waals surface area (Å²) in [5.41, 5.74) is 0.209. The Kier molecular flexibility index (Phi) is 4.34. The summed E-state index contributed by atoms with van der Waals surface area (Å²) in [6.07, 6.45) is 1.62. The molecule has 1 aromatic carbocycles. The normalized spacial score (nSPS) is 10.4. The number of benzene rings is 1. The molecule has 0 saturated carbocycles. The largest absolute Gasteiger partial charge is 0.466 e. The van der Waals surface area contributed by atoms with E-state index in [-0.39, 0.29) is 18.0 Å². The molecule has 0 bridgehead atoms. The second-order valence-corrected chi connectivity index (χ2v) is 4.25. The molecule has 0 fully saturated rings. The van der Waals surface area contributed by atoms with Gasteiger partial charge >= 0.3 is 0 Å². The van der Waals surface area contributed by atoms with Crippen LogP contribution >= 0.6 is 0 Å². The summed E-state index contributed by atoms with van der Waals surface area (Å²) >= 11 is 0. The molecule has 1 aromatic heterocycles. The third kappa shape index (κ3) is 3.68. The Hall–Kier alpha value is -2.10. The van der Waals surface area contributed by atoms with Gasteiger partial charge in [-0.1, -0.05) is 19.1 Å². The number of carbonyl (C=O) groups excluding carboxylic acids is 1. The number of nitrogens with one attached hydrogen (secondary N) is 1. The molecule has 2 aromatic rings. The number of aryl methyl sites for hydroxylation is 2. The van der Waals surface area contributed by atoms with E-state index in [9.17, 15) is 9.18 Å². The number of para-hydroxylation sites is 1. The van der Waals surface area contributed by atoms with Crippen molar-refractivity contribution in [2.75, 3.05) is 5.32 Å². The number of anilines is 1. The highest BCUT2D eigenvalue weighted by Gasteiger charge is 2.08. The Balaban J connectivity index is 1.86. The van der Waals surface area contributed by atoms with E-state index >= 15 is 0 Å². The fourth-order valence-electron chi connectivity index (χ4n) is 1.76. The van der Waals surface area contributed by atoms with Crippen molar-refractivity contribution in [3.8, 4) is 0 Å². The first-order chi connectivity index (χ1) is 9.19. The minimum absolute atomic E-state index is 0.209. The summed E-state index contributed by atoms with van der Waals surface area (Å²) in [6, 6.07) is 9.89. The van der Waals surface area contributed by atoms with Gasteiger partial charge in [-0.3, -0.25) is 4.79 Å². The zero-order chi connectivity index (χ0) is 13.7. The van der Waals surface area contributed by atoms with Crippen LogP contribution in [0.1, 0.15) is 24.9 Å². The lowest BCUT2D eigenvalue weighted by Gasteiger charge is -2.05. The molecule has 0 radical (unpaired) electrons. The molecule has 4 heteroatoms. The lowest BCUT2D eigenvalue weighted by molar-refractivity contribution is -0.116. The summed E-state index contributed by atoms with van der Waals surface area (Å²) in [5.74, 6) is 1.03. The van der Waals surface area contributed by atoms with Crippen LogP contribution in [0, 0.1) is 5.82 Å². The fourth-order valence-corrected chi connectivity index (χ4v) is 1.76. The van der Waals surface area contributed by atoms with Crippen LogP contribution in [0.15, 0.2) is 40.8 Å². The molecule has 0 aliphatic rings. The maximum atomic E-state index is 13.3. The van der Waals surface area contributed by atoms with Crippen LogP contribution < -0.4 is 5.32 Å². The monoisotopic (exact) mass is 261 g/mol. The van der Waals surface area contributed by atoms with Crippen molar-refractivity contribution in [3.05, 3.63) is 53.7 Å². The first-order valence-corrected chi connectivity index (χ1v) is 6.31. The van der Waals surface area contributed by atoms with Crippen molar-refractivity contribution < 1.29 is 13.6 Å². The predicted molar refractivity (Wildman–Crippen MR) is 71.4 cm³/mol. The van der Waals surface area contributed by atoms with Gasteiger partial charge in [0.25, 0.3) is 0 Å². The van der Waals surface area contributed by atoms with Crippen molar-refractivity contribution >= 4 is 11.6 Å². The molecule has 0 spiro atoms. The number of furan rings is 1. The van der Waals surface area contributed by atoms with Crippen molar-refractivity contribution in [1.29, 1.82) is 0 Å². The van der Waals surface area contributed by atoms with Gasteiger partial charge in [0.1, 0.15) is 17.3 Å². The average molecular weight is 261 g/mol. The van der Waals surface area contributed by atoms with E-state index in [2.05, 4.69) is 5.32 Å². The highest BCUT2D eigenvalue weighted by Crippen LogP contribution is 2.14. The van der Waals surface area contributed by atoms with E-state index in [4.69, 9.17) is 4.42 Å². The molecule has 3 nitrogen and oxygen atoms in total. The number of hydrogen-bond acceptors (Lipinski definition) is 2. The first kappa shape index (κ1) is 13.3. The van der Waals surface area contributed by atoms with Crippen LogP contribution in [0.5, 0.6) is 0 Å². The van der Waals surface area contributed by atoms with Crippen molar-refractivity contribution in [3.63, 3.8) is 0 Å².